The van der Waals surface area contributed by atoms with Crippen molar-refractivity contribution in [1.82, 2.24) is 0 Å². The number of piperazine rings is 3. The number of benzene rings is 3. The van der Waals surface area contributed by atoms with Gasteiger partial charge in [0.2, 0.25) is 0 Å². The molecule has 3 saturated heterocycles. The Morgan fingerprint density at radius 2 is 1.04 bits per heavy atom. The molecule has 47 heavy (non-hydrogen) atoms. The second-order valence-corrected chi connectivity index (χ2v) is 13.5. The summed E-state index contributed by atoms with van der Waals surface area (Å²) in [4.78, 5) is 32.9. The molecule has 6 rings (SSSR count). The van der Waals surface area contributed by atoms with E-state index in [0.717, 1.165) is 42.3 Å². The normalized spacial score (nSPS) is 21.2. The largest absolute Gasteiger partial charge is 0.550 e. The number of carboxylic acid groups (broad SMARTS) is 3. The molecule has 252 valence electrons. The molecule has 3 aromatic carbocycles. The van der Waals surface area contributed by atoms with Gasteiger partial charge in [-0.2, -0.15) is 0 Å². The van der Waals surface area contributed by atoms with Crippen LogP contribution in [0.3, 0.4) is 0 Å². The van der Waals surface area contributed by atoms with E-state index < -0.39 is 29.7 Å². The number of nitrogens with zero attached hydrogens (tertiary/aromatic N) is 2. The molecule has 3 N–H and O–H groups in total. The van der Waals surface area contributed by atoms with Gasteiger partial charge in [0.25, 0.3) is 0 Å². The number of carboxylic acids is 3. The number of carbonyl (C=O) groups excluding carboxylic acids is 3. The summed E-state index contributed by atoms with van der Waals surface area (Å²) in [5, 5.41) is 32.9. The lowest BCUT2D eigenvalue weighted by molar-refractivity contribution is -1.09. The van der Waals surface area contributed by atoms with Crippen LogP contribution in [0.2, 0.25) is 0 Å². The molecule has 2 bridgehead atoms. The molecule has 0 amide bonds. The number of unbranched alkanes of at least 4 members (excludes halogenated alkanes) is 2. The summed E-state index contributed by atoms with van der Waals surface area (Å²) in [6.07, 6.45) is 4.07. The highest BCUT2D eigenvalue weighted by Gasteiger charge is 2.48. The molecule has 0 radical (unpaired) electrons. The smallest absolute Gasteiger partial charge is 0.129 e. The number of quaternary nitrogens is 3. The highest BCUT2D eigenvalue weighted by Crippen LogP contribution is 2.31. The van der Waals surface area contributed by atoms with Crippen LogP contribution in [-0.2, 0) is 33.8 Å². The molecule has 3 heterocycles. The van der Waals surface area contributed by atoms with Crippen LogP contribution in [-0.4, -0.2) is 79.2 Å². The van der Waals surface area contributed by atoms with E-state index in [-0.39, 0.29) is 12.8 Å². The van der Waals surface area contributed by atoms with Crippen molar-refractivity contribution < 1.29 is 44.4 Å². The minimum absolute atomic E-state index is 0.0727. The lowest BCUT2D eigenvalue weighted by atomic mass is 9.82. The SMILES string of the molecule is CC(=O)[O-].[NH3+]CCCCC[N+]12CC[N+](Cc3ccc(-c4ccc(C[C@H](C(=O)[O-])[C@H](Cc5ccccc5)C(=O)[O-])cc4)cc3)(CC1)CC2. The van der Waals surface area contributed by atoms with Gasteiger partial charge in [-0.3, -0.25) is 0 Å². The first-order valence-electron chi connectivity index (χ1n) is 16.8. The molecule has 3 aliphatic heterocycles. The maximum Gasteiger partial charge on any atom is 0.129 e. The fourth-order valence-corrected chi connectivity index (χ4v) is 7.24. The first-order chi connectivity index (χ1) is 22.5. The van der Waals surface area contributed by atoms with Crippen molar-refractivity contribution in [1.29, 1.82) is 0 Å². The average molecular weight is 644 g/mol. The number of hydrogen-bond donors (Lipinski definition) is 1. The van der Waals surface area contributed by atoms with E-state index in [0.29, 0.717) is 0 Å². The van der Waals surface area contributed by atoms with E-state index in [2.05, 4.69) is 30.0 Å². The molecule has 9 nitrogen and oxygen atoms in total. The van der Waals surface area contributed by atoms with Gasteiger partial charge in [0.05, 0.1) is 13.1 Å². The molecule has 0 saturated carbocycles. The third-order valence-corrected chi connectivity index (χ3v) is 10.1. The molecule has 0 unspecified atom stereocenters. The van der Waals surface area contributed by atoms with E-state index in [1.807, 2.05) is 42.5 Å². The summed E-state index contributed by atoms with van der Waals surface area (Å²) in [6, 6.07) is 25.6. The Morgan fingerprint density at radius 3 is 1.49 bits per heavy atom. The Kier molecular flexibility index (Phi) is 12.7. The molecular weight excluding hydrogens is 594 g/mol. The monoisotopic (exact) mass is 643 g/mol. The van der Waals surface area contributed by atoms with Gasteiger partial charge in [-0.15, -0.1) is 0 Å². The van der Waals surface area contributed by atoms with Crippen LogP contribution in [0.5, 0.6) is 0 Å². The van der Waals surface area contributed by atoms with E-state index in [1.165, 1.54) is 79.6 Å². The van der Waals surface area contributed by atoms with Crippen molar-refractivity contribution in [3.63, 3.8) is 0 Å². The summed E-state index contributed by atoms with van der Waals surface area (Å²) in [5.41, 5.74) is 9.03. The van der Waals surface area contributed by atoms with Gasteiger partial charge in [-0.1, -0.05) is 78.9 Å². The Morgan fingerprint density at radius 1 is 0.617 bits per heavy atom. The van der Waals surface area contributed by atoms with Crippen molar-refractivity contribution in [2.75, 3.05) is 52.4 Å². The fourth-order valence-electron chi connectivity index (χ4n) is 7.24. The van der Waals surface area contributed by atoms with E-state index in [4.69, 9.17) is 9.90 Å². The van der Waals surface area contributed by atoms with Gasteiger partial charge < -0.3 is 44.4 Å². The summed E-state index contributed by atoms with van der Waals surface area (Å²) in [7, 11) is 0. The standard InChI is InChI=1S/C36H45N3O4.C2H4O2/c37-17-5-2-6-18-38-19-22-39(23-20-38,24-21-38)27-30-11-15-32(16-12-30)31-13-9-29(10-14-31)26-34(36(42)43)33(35(40)41)25-28-7-3-1-4-8-28;1-2(3)4/h1,3-4,7-16,33-34H,2,5-6,17-27,37H2;1H3,(H,3,4)/t33-,34-,38?,39?;/m0./s1. The second-order valence-electron chi connectivity index (χ2n) is 13.5. The summed E-state index contributed by atoms with van der Waals surface area (Å²) < 4.78 is 2.54. The van der Waals surface area contributed by atoms with Gasteiger partial charge in [0.15, 0.2) is 0 Å². The molecule has 2 atom stereocenters. The van der Waals surface area contributed by atoms with Crippen LogP contribution in [0.1, 0.15) is 42.9 Å². The molecule has 3 fully saturated rings. The highest BCUT2D eigenvalue weighted by molar-refractivity contribution is 5.78. The summed E-state index contributed by atoms with van der Waals surface area (Å²) in [5.74, 6) is -6.18. The molecular formula is C38H49N3O6. The number of fused-ring (bicyclic) bond motifs is 3. The molecule has 0 spiro atoms. The van der Waals surface area contributed by atoms with Gasteiger partial charge >= 0.3 is 0 Å². The van der Waals surface area contributed by atoms with Crippen LogP contribution in [0.25, 0.3) is 11.1 Å². The topological polar surface area (TPSA) is 148 Å². The first-order valence-corrected chi connectivity index (χ1v) is 16.8. The lowest BCUT2D eigenvalue weighted by Gasteiger charge is -2.55. The Balaban J connectivity index is 0.00000118. The predicted octanol–water partition coefficient (Wildman–Crippen LogP) is 0.200. The Hall–Kier alpha value is -4.05. The van der Waals surface area contributed by atoms with Gasteiger partial charge in [0.1, 0.15) is 45.8 Å². The summed E-state index contributed by atoms with van der Waals surface area (Å²) >= 11 is 0. The third-order valence-electron chi connectivity index (χ3n) is 10.1. The molecule has 3 aliphatic rings. The maximum absolute atomic E-state index is 12.0. The molecule has 9 heteroatoms. The van der Waals surface area contributed by atoms with E-state index in [9.17, 15) is 19.8 Å². The lowest BCUT2D eigenvalue weighted by Crippen LogP contribution is -2.74. The van der Waals surface area contributed by atoms with Crippen LogP contribution < -0.4 is 21.1 Å². The molecule has 0 aromatic heterocycles. The van der Waals surface area contributed by atoms with Crippen LogP contribution in [0.4, 0.5) is 0 Å². The number of rotatable bonds is 15. The maximum atomic E-state index is 12.0. The molecule has 0 aliphatic carbocycles. The second kappa shape index (κ2) is 16.7. The van der Waals surface area contributed by atoms with Crippen molar-refractivity contribution in [3.8, 4) is 11.1 Å². The highest BCUT2D eigenvalue weighted by atomic mass is 16.4. The minimum atomic E-state index is -1.37. The zero-order valence-corrected chi connectivity index (χ0v) is 27.6. The Labute approximate surface area is 278 Å². The zero-order valence-electron chi connectivity index (χ0n) is 27.6. The van der Waals surface area contributed by atoms with Crippen LogP contribution in [0, 0.1) is 11.8 Å². The van der Waals surface area contributed by atoms with Gasteiger partial charge in [-0.05, 0) is 61.3 Å². The Bertz CT molecular complexity index is 1430. The molecule has 3 aromatic rings. The van der Waals surface area contributed by atoms with E-state index >= 15 is 0 Å². The minimum Gasteiger partial charge on any atom is -0.550 e. The first kappa shape index (κ1) is 35.8. The van der Waals surface area contributed by atoms with Crippen molar-refractivity contribution >= 4 is 17.9 Å². The van der Waals surface area contributed by atoms with Crippen molar-refractivity contribution in [2.24, 2.45) is 11.8 Å². The number of aliphatic carboxylic acids is 3. The fraction of sp³-hybridized carbons (Fsp3) is 0.447. The van der Waals surface area contributed by atoms with Crippen LogP contribution in [0.15, 0.2) is 78.9 Å². The number of carbonyl (C=O) groups is 3. The van der Waals surface area contributed by atoms with Gasteiger partial charge in [0, 0.05) is 35.3 Å². The van der Waals surface area contributed by atoms with Crippen LogP contribution >= 0.6 is 0 Å². The third kappa shape index (κ3) is 10.2. The number of hydrogen-bond acceptors (Lipinski definition) is 6. The van der Waals surface area contributed by atoms with Gasteiger partial charge in [-0.25, -0.2) is 0 Å². The van der Waals surface area contributed by atoms with E-state index in [1.54, 1.807) is 12.1 Å². The average Bonchev–Trinajstić information content (AvgIpc) is 3.06. The zero-order chi connectivity index (χ0) is 33.9. The predicted molar refractivity (Wildman–Crippen MR) is 173 cm³/mol. The quantitative estimate of drug-likeness (QED) is 0.185. The summed E-state index contributed by atoms with van der Waals surface area (Å²) in [6.45, 7) is 12.2. The van der Waals surface area contributed by atoms with Crippen molar-refractivity contribution in [2.45, 2.75) is 45.6 Å². The van der Waals surface area contributed by atoms with Crippen molar-refractivity contribution in [3.05, 3.63) is 95.6 Å².